The van der Waals surface area contributed by atoms with Gasteiger partial charge in [0.25, 0.3) is 0 Å². The average Bonchev–Trinajstić information content (AvgIpc) is 2.46. The summed E-state index contributed by atoms with van der Waals surface area (Å²) in [5.41, 5.74) is 7.42. The largest absolute Gasteiger partial charge is 0.455 e. The first-order valence-corrected chi connectivity index (χ1v) is 6.62. The van der Waals surface area contributed by atoms with Crippen LogP contribution < -0.4 is 10.5 Å². The molecule has 0 fully saturated rings. The van der Waals surface area contributed by atoms with E-state index in [2.05, 4.69) is 30.9 Å². The Kier molecular flexibility index (Phi) is 4.12. The standard InChI is InChI=1S/C16H19N3O2/c1-16(2,3)11-4-6-12(7-5-11)21-14-10-18-9-8-13(14)15(17)19-20/h4-10,20H,1-3H3,(H2,17,19). The fourth-order valence-electron chi connectivity index (χ4n) is 1.88. The van der Waals surface area contributed by atoms with E-state index in [1.165, 1.54) is 11.8 Å². The van der Waals surface area contributed by atoms with Gasteiger partial charge in [-0.2, -0.15) is 0 Å². The van der Waals surface area contributed by atoms with E-state index in [0.29, 0.717) is 17.1 Å². The van der Waals surface area contributed by atoms with Crippen LogP contribution in [0.1, 0.15) is 31.9 Å². The predicted octanol–water partition coefficient (Wildman–Crippen LogP) is 3.27. The summed E-state index contributed by atoms with van der Waals surface area (Å²) in [5, 5.41) is 11.8. The van der Waals surface area contributed by atoms with Gasteiger partial charge in [-0.05, 0) is 29.2 Å². The van der Waals surface area contributed by atoms with Gasteiger partial charge in [0.1, 0.15) is 5.75 Å². The molecular formula is C16H19N3O2. The van der Waals surface area contributed by atoms with Gasteiger partial charge in [-0.25, -0.2) is 0 Å². The average molecular weight is 285 g/mol. The highest BCUT2D eigenvalue weighted by molar-refractivity contribution is 5.99. The Hall–Kier alpha value is -2.56. The van der Waals surface area contributed by atoms with Crippen molar-refractivity contribution in [2.45, 2.75) is 26.2 Å². The quantitative estimate of drug-likeness (QED) is 0.392. The summed E-state index contributed by atoms with van der Waals surface area (Å²) in [6, 6.07) is 9.46. The van der Waals surface area contributed by atoms with Gasteiger partial charge in [0.15, 0.2) is 11.6 Å². The number of amidine groups is 1. The third-order valence-electron chi connectivity index (χ3n) is 3.12. The monoisotopic (exact) mass is 285 g/mol. The van der Waals surface area contributed by atoms with E-state index in [0.717, 1.165) is 0 Å². The summed E-state index contributed by atoms with van der Waals surface area (Å²) in [5.74, 6) is 1.10. The van der Waals surface area contributed by atoms with Gasteiger partial charge in [0.05, 0.1) is 11.8 Å². The summed E-state index contributed by atoms with van der Waals surface area (Å²) in [4.78, 5) is 4.00. The first kappa shape index (κ1) is 14.8. The normalized spacial score (nSPS) is 12.2. The smallest absolute Gasteiger partial charge is 0.173 e. The van der Waals surface area contributed by atoms with Crippen LogP contribution in [-0.4, -0.2) is 16.0 Å². The van der Waals surface area contributed by atoms with Crippen molar-refractivity contribution in [2.75, 3.05) is 0 Å². The number of hydrogen-bond acceptors (Lipinski definition) is 4. The first-order valence-electron chi connectivity index (χ1n) is 6.62. The number of pyridine rings is 1. The van der Waals surface area contributed by atoms with E-state index in [1.54, 1.807) is 12.3 Å². The minimum Gasteiger partial charge on any atom is -0.455 e. The number of rotatable bonds is 3. The Morgan fingerprint density at radius 3 is 2.43 bits per heavy atom. The van der Waals surface area contributed by atoms with Crippen LogP contribution in [0.5, 0.6) is 11.5 Å². The summed E-state index contributed by atoms with van der Waals surface area (Å²) < 4.78 is 5.77. The lowest BCUT2D eigenvalue weighted by Gasteiger charge is -2.19. The second kappa shape index (κ2) is 5.83. The molecule has 0 saturated carbocycles. The second-order valence-electron chi connectivity index (χ2n) is 5.73. The highest BCUT2D eigenvalue weighted by Crippen LogP contribution is 2.28. The minimum atomic E-state index is -0.0151. The van der Waals surface area contributed by atoms with Gasteiger partial charge < -0.3 is 15.7 Å². The molecule has 5 nitrogen and oxygen atoms in total. The van der Waals surface area contributed by atoms with Crippen LogP contribution in [0.15, 0.2) is 47.9 Å². The third kappa shape index (κ3) is 3.51. The van der Waals surface area contributed by atoms with E-state index >= 15 is 0 Å². The van der Waals surface area contributed by atoms with Crippen molar-refractivity contribution < 1.29 is 9.94 Å². The molecule has 0 spiro atoms. The number of ether oxygens (including phenoxy) is 1. The molecule has 2 aromatic rings. The molecular weight excluding hydrogens is 266 g/mol. The topological polar surface area (TPSA) is 80.7 Å². The van der Waals surface area contributed by atoms with Crippen molar-refractivity contribution in [1.29, 1.82) is 0 Å². The first-order chi connectivity index (χ1) is 9.91. The van der Waals surface area contributed by atoms with Crippen LogP contribution >= 0.6 is 0 Å². The predicted molar refractivity (Wildman–Crippen MR) is 82.0 cm³/mol. The molecule has 1 aromatic carbocycles. The molecule has 1 aromatic heterocycles. The molecule has 110 valence electrons. The third-order valence-corrected chi connectivity index (χ3v) is 3.12. The van der Waals surface area contributed by atoms with Crippen LogP contribution in [-0.2, 0) is 5.41 Å². The molecule has 0 radical (unpaired) electrons. The molecule has 0 atom stereocenters. The SMILES string of the molecule is CC(C)(C)c1ccc(Oc2cnccc2/C(N)=N/O)cc1. The number of nitrogens with two attached hydrogens (primary N) is 1. The highest BCUT2D eigenvalue weighted by atomic mass is 16.5. The van der Waals surface area contributed by atoms with Gasteiger partial charge in [-0.3, -0.25) is 4.98 Å². The number of nitrogens with zero attached hydrogens (tertiary/aromatic N) is 2. The van der Waals surface area contributed by atoms with E-state index in [-0.39, 0.29) is 11.3 Å². The number of hydrogen-bond donors (Lipinski definition) is 2. The Morgan fingerprint density at radius 1 is 1.19 bits per heavy atom. The molecule has 0 saturated heterocycles. The zero-order chi connectivity index (χ0) is 15.5. The molecule has 0 aliphatic rings. The zero-order valence-electron chi connectivity index (χ0n) is 12.4. The second-order valence-corrected chi connectivity index (χ2v) is 5.73. The maximum absolute atomic E-state index is 8.79. The summed E-state index contributed by atoms with van der Waals surface area (Å²) >= 11 is 0. The molecule has 3 N–H and O–H groups in total. The van der Waals surface area contributed by atoms with E-state index < -0.39 is 0 Å². The van der Waals surface area contributed by atoms with E-state index in [9.17, 15) is 0 Å². The minimum absolute atomic E-state index is 0.0151. The van der Waals surface area contributed by atoms with Gasteiger partial charge in [-0.15, -0.1) is 0 Å². The summed E-state index contributed by atoms with van der Waals surface area (Å²) in [6.45, 7) is 6.46. The van der Waals surface area contributed by atoms with Crippen molar-refractivity contribution in [2.24, 2.45) is 10.9 Å². The van der Waals surface area contributed by atoms with Crippen LogP contribution in [0.3, 0.4) is 0 Å². The fraction of sp³-hybridized carbons (Fsp3) is 0.250. The summed E-state index contributed by atoms with van der Waals surface area (Å²) in [7, 11) is 0. The van der Waals surface area contributed by atoms with Crippen molar-refractivity contribution in [3.05, 3.63) is 53.9 Å². The van der Waals surface area contributed by atoms with Crippen molar-refractivity contribution in [3.8, 4) is 11.5 Å². The van der Waals surface area contributed by atoms with Crippen molar-refractivity contribution in [1.82, 2.24) is 4.98 Å². The van der Waals surface area contributed by atoms with Crippen molar-refractivity contribution in [3.63, 3.8) is 0 Å². The Balaban J connectivity index is 2.27. The Bertz CT molecular complexity index is 643. The van der Waals surface area contributed by atoms with E-state index in [1.807, 2.05) is 24.3 Å². The lowest BCUT2D eigenvalue weighted by Crippen LogP contribution is -2.14. The van der Waals surface area contributed by atoms with Gasteiger partial charge in [0.2, 0.25) is 0 Å². The fourth-order valence-corrected chi connectivity index (χ4v) is 1.88. The molecule has 0 aliphatic carbocycles. The molecule has 0 amide bonds. The van der Waals surface area contributed by atoms with Crippen LogP contribution in [0, 0.1) is 0 Å². The Morgan fingerprint density at radius 2 is 1.86 bits per heavy atom. The maximum Gasteiger partial charge on any atom is 0.173 e. The van der Waals surface area contributed by atoms with Crippen LogP contribution in [0.25, 0.3) is 0 Å². The molecule has 1 heterocycles. The van der Waals surface area contributed by atoms with Crippen molar-refractivity contribution >= 4 is 5.84 Å². The van der Waals surface area contributed by atoms with Gasteiger partial charge in [0, 0.05) is 6.20 Å². The molecule has 0 aliphatic heterocycles. The zero-order valence-corrected chi connectivity index (χ0v) is 12.4. The Labute approximate surface area is 124 Å². The van der Waals surface area contributed by atoms with Gasteiger partial charge in [-0.1, -0.05) is 38.1 Å². The highest BCUT2D eigenvalue weighted by Gasteiger charge is 2.14. The molecule has 0 unspecified atom stereocenters. The van der Waals surface area contributed by atoms with E-state index in [4.69, 9.17) is 15.7 Å². The number of benzene rings is 1. The molecule has 21 heavy (non-hydrogen) atoms. The number of aromatic nitrogens is 1. The van der Waals surface area contributed by atoms with Crippen LogP contribution in [0.4, 0.5) is 0 Å². The summed E-state index contributed by atoms with van der Waals surface area (Å²) in [6.07, 6.45) is 3.09. The lowest BCUT2D eigenvalue weighted by molar-refractivity contribution is 0.318. The molecule has 0 bridgehead atoms. The lowest BCUT2D eigenvalue weighted by atomic mass is 9.87. The number of oxime groups is 1. The molecule has 2 rings (SSSR count). The molecule has 5 heteroatoms. The maximum atomic E-state index is 8.79. The van der Waals surface area contributed by atoms with Crippen LogP contribution in [0.2, 0.25) is 0 Å². The van der Waals surface area contributed by atoms with Gasteiger partial charge >= 0.3 is 0 Å².